The maximum atomic E-state index is 12.1. The first-order chi connectivity index (χ1) is 11.7. The van der Waals surface area contributed by atoms with E-state index in [1.807, 2.05) is 6.92 Å². The summed E-state index contributed by atoms with van der Waals surface area (Å²) in [5.74, 6) is 0.307. The van der Waals surface area contributed by atoms with Gasteiger partial charge in [0, 0.05) is 11.3 Å². The molecule has 0 amide bonds. The number of hydrogen-bond donors (Lipinski definition) is 2. The van der Waals surface area contributed by atoms with E-state index in [2.05, 4.69) is 14.4 Å². The van der Waals surface area contributed by atoms with Gasteiger partial charge in [0.15, 0.2) is 0 Å². The van der Waals surface area contributed by atoms with Gasteiger partial charge in [-0.15, -0.1) is 0 Å². The maximum Gasteiger partial charge on any atom is 0.263 e. The second kappa shape index (κ2) is 6.16. The van der Waals surface area contributed by atoms with Crippen LogP contribution in [0.3, 0.4) is 0 Å². The predicted octanol–water partition coefficient (Wildman–Crippen LogP) is 1.86. The number of benzene rings is 2. The molecule has 1 heterocycles. The van der Waals surface area contributed by atoms with Gasteiger partial charge in [-0.1, -0.05) is 24.3 Å². The Kier molecular flexibility index (Phi) is 4.29. The molecule has 2 aromatic carbocycles. The summed E-state index contributed by atoms with van der Waals surface area (Å²) in [4.78, 5) is 4.69. The molecule has 1 aliphatic heterocycles. The molecule has 1 atom stereocenters. The van der Waals surface area contributed by atoms with Crippen molar-refractivity contribution in [3.05, 3.63) is 59.7 Å². The van der Waals surface area contributed by atoms with Crippen molar-refractivity contribution in [1.29, 1.82) is 0 Å². The van der Waals surface area contributed by atoms with Crippen molar-refractivity contribution in [2.75, 3.05) is 11.0 Å². The monoisotopic (exact) mass is 379 g/mol. The molecule has 0 aliphatic carbocycles. The molecule has 0 fully saturated rings. The molecule has 132 valence electrons. The zero-order chi connectivity index (χ0) is 18.2. The van der Waals surface area contributed by atoms with Gasteiger partial charge in [0.25, 0.3) is 10.0 Å². The second-order valence-electron chi connectivity index (χ2n) is 5.75. The summed E-state index contributed by atoms with van der Waals surface area (Å²) >= 11 is 0. The Balaban J connectivity index is 1.88. The lowest BCUT2D eigenvalue weighted by Gasteiger charge is -2.10. The molecule has 3 rings (SSSR count). The minimum atomic E-state index is -3.57. The van der Waals surface area contributed by atoms with Crippen LogP contribution >= 0.6 is 0 Å². The summed E-state index contributed by atoms with van der Waals surface area (Å²) in [6, 6.07) is 13.1. The van der Waals surface area contributed by atoms with Crippen LogP contribution < -0.4 is 9.44 Å². The standard InChI is InChI=1S/C16H17N3O4S2/c1-11(12-7-9-13(10-8-12)18-24(2,20)21)17-16-14-5-3-4-6-15(14)25(22,23)19-16/h3-11,18H,1-2H3,(H,17,19)/t11-/m0/s1. The molecular formula is C16H17N3O4S2. The summed E-state index contributed by atoms with van der Waals surface area (Å²) in [6.07, 6.45) is 1.08. The van der Waals surface area contributed by atoms with Gasteiger partial charge in [0.1, 0.15) is 5.84 Å². The minimum Gasteiger partial charge on any atom is -0.284 e. The van der Waals surface area contributed by atoms with E-state index < -0.39 is 20.0 Å². The van der Waals surface area contributed by atoms with Gasteiger partial charge in [-0.25, -0.2) is 16.8 Å². The summed E-state index contributed by atoms with van der Waals surface area (Å²) in [6.45, 7) is 1.83. The lowest BCUT2D eigenvalue weighted by Crippen LogP contribution is -2.22. The minimum absolute atomic E-state index is 0.216. The molecule has 2 N–H and O–H groups in total. The first kappa shape index (κ1) is 17.4. The van der Waals surface area contributed by atoms with Crippen molar-refractivity contribution < 1.29 is 16.8 Å². The topological polar surface area (TPSA) is 105 Å². The van der Waals surface area contributed by atoms with Crippen molar-refractivity contribution in [2.45, 2.75) is 17.9 Å². The van der Waals surface area contributed by atoms with Gasteiger partial charge in [0.2, 0.25) is 10.0 Å². The number of sulfonamides is 2. The SMILES string of the molecule is C[C@H](N=C1NS(=O)(=O)c2ccccc21)c1ccc(NS(C)(=O)=O)cc1. The fraction of sp³-hybridized carbons (Fsp3) is 0.188. The summed E-state index contributed by atoms with van der Waals surface area (Å²) in [5.41, 5.74) is 1.83. The van der Waals surface area contributed by atoms with Crippen LogP contribution in [-0.4, -0.2) is 28.9 Å². The second-order valence-corrected chi connectivity index (χ2v) is 9.15. The van der Waals surface area contributed by atoms with Crippen molar-refractivity contribution in [1.82, 2.24) is 4.72 Å². The molecule has 9 heteroatoms. The van der Waals surface area contributed by atoms with Crippen LogP contribution in [0.5, 0.6) is 0 Å². The molecule has 0 aromatic heterocycles. The highest BCUT2D eigenvalue weighted by atomic mass is 32.2. The van der Waals surface area contributed by atoms with E-state index >= 15 is 0 Å². The van der Waals surface area contributed by atoms with Crippen LogP contribution in [-0.2, 0) is 20.0 Å². The number of fused-ring (bicyclic) bond motifs is 1. The van der Waals surface area contributed by atoms with Crippen molar-refractivity contribution >= 4 is 31.6 Å². The Morgan fingerprint density at radius 2 is 1.72 bits per heavy atom. The smallest absolute Gasteiger partial charge is 0.263 e. The average molecular weight is 379 g/mol. The third-order valence-electron chi connectivity index (χ3n) is 3.68. The maximum absolute atomic E-state index is 12.1. The first-order valence-electron chi connectivity index (χ1n) is 7.43. The number of amidine groups is 1. The average Bonchev–Trinajstić information content (AvgIpc) is 2.78. The number of anilines is 1. The molecule has 7 nitrogen and oxygen atoms in total. The van der Waals surface area contributed by atoms with Gasteiger partial charge in [-0.3, -0.25) is 14.4 Å². The van der Waals surface area contributed by atoms with Crippen molar-refractivity contribution in [3.8, 4) is 0 Å². The van der Waals surface area contributed by atoms with Crippen LogP contribution in [0.25, 0.3) is 0 Å². The van der Waals surface area contributed by atoms with Gasteiger partial charge in [0.05, 0.1) is 17.2 Å². The Hall–Kier alpha value is -2.39. The van der Waals surface area contributed by atoms with E-state index in [9.17, 15) is 16.8 Å². The molecule has 0 radical (unpaired) electrons. The zero-order valence-corrected chi connectivity index (χ0v) is 15.2. The highest BCUT2D eigenvalue weighted by molar-refractivity contribution is 7.92. The quantitative estimate of drug-likeness (QED) is 0.846. The van der Waals surface area contributed by atoms with Crippen molar-refractivity contribution in [3.63, 3.8) is 0 Å². The van der Waals surface area contributed by atoms with E-state index in [0.29, 0.717) is 17.1 Å². The molecular weight excluding hydrogens is 362 g/mol. The van der Waals surface area contributed by atoms with Crippen LogP contribution in [0.4, 0.5) is 5.69 Å². The fourth-order valence-corrected chi connectivity index (χ4v) is 4.35. The van der Waals surface area contributed by atoms with Gasteiger partial charge in [-0.05, 0) is 36.8 Å². The number of nitrogens with zero attached hydrogens (tertiary/aromatic N) is 1. The molecule has 0 spiro atoms. The Bertz CT molecular complexity index is 1040. The summed E-state index contributed by atoms with van der Waals surface area (Å²) in [7, 11) is -6.90. The summed E-state index contributed by atoms with van der Waals surface area (Å²) in [5, 5.41) is 0. The van der Waals surface area contributed by atoms with Crippen LogP contribution in [0.15, 0.2) is 58.4 Å². The molecule has 0 saturated heterocycles. The zero-order valence-electron chi connectivity index (χ0n) is 13.6. The van der Waals surface area contributed by atoms with E-state index in [0.717, 1.165) is 11.8 Å². The number of aliphatic imine (C=N–C) groups is 1. The summed E-state index contributed by atoms with van der Waals surface area (Å²) < 4.78 is 51.5. The van der Waals surface area contributed by atoms with Gasteiger partial charge >= 0.3 is 0 Å². The molecule has 1 aliphatic rings. The Morgan fingerprint density at radius 1 is 1.08 bits per heavy atom. The Labute approximate surface area is 146 Å². The Morgan fingerprint density at radius 3 is 2.36 bits per heavy atom. The van der Waals surface area contributed by atoms with E-state index in [1.165, 1.54) is 6.07 Å². The molecule has 2 aromatic rings. The van der Waals surface area contributed by atoms with Gasteiger partial charge < -0.3 is 0 Å². The highest BCUT2D eigenvalue weighted by Gasteiger charge is 2.30. The largest absolute Gasteiger partial charge is 0.284 e. The normalized spacial score (nSPS) is 18.4. The lowest BCUT2D eigenvalue weighted by atomic mass is 10.1. The molecule has 0 bridgehead atoms. The molecule has 0 saturated carbocycles. The number of hydrogen-bond acceptors (Lipinski definition) is 5. The predicted molar refractivity (Wildman–Crippen MR) is 96.6 cm³/mol. The highest BCUT2D eigenvalue weighted by Crippen LogP contribution is 2.26. The third-order valence-corrected chi connectivity index (χ3v) is 5.69. The fourth-order valence-electron chi connectivity index (χ4n) is 2.54. The lowest BCUT2D eigenvalue weighted by molar-refractivity contribution is 0.594. The van der Waals surface area contributed by atoms with Gasteiger partial charge in [-0.2, -0.15) is 0 Å². The first-order valence-corrected chi connectivity index (χ1v) is 10.8. The van der Waals surface area contributed by atoms with Crippen LogP contribution in [0.1, 0.15) is 24.1 Å². The van der Waals surface area contributed by atoms with E-state index in [4.69, 9.17) is 0 Å². The number of nitrogens with one attached hydrogen (secondary N) is 2. The van der Waals surface area contributed by atoms with E-state index in [1.54, 1.807) is 42.5 Å². The number of rotatable bonds is 4. The van der Waals surface area contributed by atoms with E-state index in [-0.39, 0.29) is 10.9 Å². The van der Waals surface area contributed by atoms with Crippen LogP contribution in [0, 0.1) is 0 Å². The van der Waals surface area contributed by atoms with Crippen LogP contribution in [0.2, 0.25) is 0 Å². The third kappa shape index (κ3) is 3.83. The van der Waals surface area contributed by atoms with Crippen molar-refractivity contribution in [2.24, 2.45) is 4.99 Å². The molecule has 25 heavy (non-hydrogen) atoms. The molecule has 0 unspecified atom stereocenters.